The fourth-order valence-corrected chi connectivity index (χ4v) is 2.65. The maximum absolute atomic E-state index is 11.8. The molecule has 1 fully saturated rings. The van der Waals surface area contributed by atoms with E-state index in [2.05, 4.69) is 10.3 Å². The predicted molar refractivity (Wildman–Crippen MR) is 74.6 cm³/mol. The van der Waals surface area contributed by atoms with Crippen molar-refractivity contribution < 1.29 is 9.90 Å². The standard InChI is InChI=1S/C15H22N2O2/c18-11-13-7-4-8-14(16-13)17-15(19)10-9-12-5-2-1-3-6-12/h4,7-8,12,18H,1-3,5-6,9-11H2,(H,16,17,19). The number of nitrogens with one attached hydrogen (secondary N) is 1. The van der Waals surface area contributed by atoms with Crippen molar-refractivity contribution in [1.82, 2.24) is 4.98 Å². The van der Waals surface area contributed by atoms with Crippen molar-refractivity contribution in [3.8, 4) is 0 Å². The maximum Gasteiger partial charge on any atom is 0.225 e. The molecule has 0 atom stereocenters. The molecule has 1 aromatic rings. The number of aromatic nitrogens is 1. The molecule has 0 radical (unpaired) electrons. The van der Waals surface area contributed by atoms with E-state index in [0.717, 1.165) is 12.3 Å². The lowest BCUT2D eigenvalue weighted by Gasteiger charge is -2.20. The van der Waals surface area contributed by atoms with E-state index in [1.54, 1.807) is 18.2 Å². The highest BCUT2D eigenvalue weighted by molar-refractivity contribution is 5.89. The number of hydrogen-bond acceptors (Lipinski definition) is 3. The molecular weight excluding hydrogens is 240 g/mol. The van der Waals surface area contributed by atoms with E-state index in [-0.39, 0.29) is 12.5 Å². The number of carbonyl (C=O) groups is 1. The van der Waals surface area contributed by atoms with Crippen LogP contribution in [-0.4, -0.2) is 16.0 Å². The topological polar surface area (TPSA) is 62.2 Å². The van der Waals surface area contributed by atoms with Crippen LogP contribution in [0.1, 0.15) is 50.6 Å². The molecule has 0 aliphatic heterocycles. The third kappa shape index (κ3) is 4.63. The second kappa shape index (κ2) is 7.24. The summed E-state index contributed by atoms with van der Waals surface area (Å²) in [5, 5.41) is 11.8. The van der Waals surface area contributed by atoms with Gasteiger partial charge in [-0.2, -0.15) is 0 Å². The van der Waals surface area contributed by atoms with Crippen molar-refractivity contribution in [2.75, 3.05) is 5.32 Å². The summed E-state index contributed by atoms with van der Waals surface area (Å²) in [6.45, 7) is -0.105. The van der Waals surface area contributed by atoms with Crippen LogP contribution < -0.4 is 5.32 Å². The van der Waals surface area contributed by atoms with Crippen LogP contribution in [0.15, 0.2) is 18.2 Å². The van der Waals surface area contributed by atoms with Gasteiger partial charge >= 0.3 is 0 Å². The summed E-state index contributed by atoms with van der Waals surface area (Å²) in [5.74, 6) is 1.27. The molecule has 1 heterocycles. The van der Waals surface area contributed by atoms with Gasteiger partial charge in [0.15, 0.2) is 0 Å². The number of pyridine rings is 1. The molecule has 1 aliphatic rings. The molecule has 0 saturated heterocycles. The summed E-state index contributed by atoms with van der Waals surface area (Å²) >= 11 is 0. The van der Waals surface area contributed by atoms with Gasteiger partial charge in [0.25, 0.3) is 0 Å². The van der Waals surface area contributed by atoms with Crippen LogP contribution in [0.4, 0.5) is 5.82 Å². The Bertz CT molecular complexity index is 414. The van der Waals surface area contributed by atoms with E-state index < -0.39 is 0 Å². The number of carbonyl (C=O) groups excluding carboxylic acids is 1. The quantitative estimate of drug-likeness (QED) is 0.857. The first-order valence-corrected chi connectivity index (χ1v) is 7.14. The molecule has 1 saturated carbocycles. The lowest BCUT2D eigenvalue weighted by atomic mass is 9.86. The molecule has 1 aromatic heterocycles. The Morgan fingerprint density at radius 2 is 2.11 bits per heavy atom. The van der Waals surface area contributed by atoms with E-state index in [1.807, 2.05) is 0 Å². The zero-order valence-electron chi connectivity index (χ0n) is 11.3. The van der Waals surface area contributed by atoms with Crippen molar-refractivity contribution >= 4 is 11.7 Å². The van der Waals surface area contributed by atoms with Crippen molar-refractivity contribution in [3.63, 3.8) is 0 Å². The zero-order chi connectivity index (χ0) is 13.5. The van der Waals surface area contributed by atoms with Gasteiger partial charge in [-0.3, -0.25) is 4.79 Å². The monoisotopic (exact) mass is 262 g/mol. The summed E-state index contributed by atoms with van der Waals surface area (Å²) in [5.41, 5.74) is 0.574. The highest BCUT2D eigenvalue weighted by atomic mass is 16.3. The lowest BCUT2D eigenvalue weighted by molar-refractivity contribution is -0.116. The van der Waals surface area contributed by atoms with E-state index in [4.69, 9.17) is 5.11 Å². The van der Waals surface area contributed by atoms with Gasteiger partial charge in [0.1, 0.15) is 5.82 Å². The van der Waals surface area contributed by atoms with Crippen molar-refractivity contribution in [1.29, 1.82) is 0 Å². The zero-order valence-corrected chi connectivity index (χ0v) is 11.3. The van der Waals surface area contributed by atoms with Crippen LogP contribution in [0, 0.1) is 5.92 Å². The van der Waals surface area contributed by atoms with Crippen LogP contribution in [0.25, 0.3) is 0 Å². The van der Waals surface area contributed by atoms with Crippen LogP contribution in [0.5, 0.6) is 0 Å². The normalized spacial score (nSPS) is 16.3. The Hall–Kier alpha value is -1.42. The van der Waals surface area contributed by atoms with Gasteiger partial charge in [0, 0.05) is 6.42 Å². The van der Waals surface area contributed by atoms with Gasteiger partial charge in [-0.25, -0.2) is 4.98 Å². The summed E-state index contributed by atoms with van der Waals surface area (Å²) in [6.07, 6.45) is 8.05. The molecule has 0 aromatic carbocycles. The molecule has 2 rings (SSSR count). The second-order valence-corrected chi connectivity index (χ2v) is 5.26. The Kier molecular flexibility index (Phi) is 5.33. The fourth-order valence-electron chi connectivity index (χ4n) is 2.65. The van der Waals surface area contributed by atoms with Crippen molar-refractivity contribution in [2.24, 2.45) is 5.92 Å². The minimum Gasteiger partial charge on any atom is -0.390 e. The molecule has 0 spiro atoms. The molecule has 1 aliphatic carbocycles. The van der Waals surface area contributed by atoms with Crippen LogP contribution >= 0.6 is 0 Å². The Morgan fingerprint density at radius 3 is 2.84 bits per heavy atom. The summed E-state index contributed by atoms with van der Waals surface area (Å²) in [7, 11) is 0. The molecule has 0 unspecified atom stereocenters. The number of nitrogens with zero attached hydrogens (tertiary/aromatic N) is 1. The second-order valence-electron chi connectivity index (χ2n) is 5.26. The van der Waals surface area contributed by atoms with Crippen LogP contribution in [0.2, 0.25) is 0 Å². The minimum absolute atomic E-state index is 0.0214. The van der Waals surface area contributed by atoms with Crippen LogP contribution in [-0.2, 0) is 11.4 Å². The summed E-state index contributed by atoms with van der Waals surface area (Å²) in [6, 6.07) is 5.27. The molecule has 1 amide bonds. The third-order valence-electron chi connectivity index (χ3n) is 3.74. The average Bonchev–Trinajstić information content (AvgIpc) is 2.46. The molecule has 4 heteroatoms. The lowest BCUT2D eigenvalue weighted by Crippen LogP contribution is -2.15. The maximum atomic E-state index is 11.8. The first kappa shape index (κ1) is 14.0. The number of aliphatic hydroxyl groups is 1. The average molecular weight is 262 g/mol. The third-order valence-corrected chi connectivity index (χ3v) is 3.74. The van der Waals surface area contributed by atoms with E-state index in [1.165, 1.54) is 32.1 Å². The largest absolute Gasteiger partial charge is 0.390 e. The van der Waals surface area contributed by atoms with Crippen LogP contribution in [0.3, 0.4) is 0 Å². The molecule has 2 N–H and O–H groups in total. The molecule has 0 bridgehead atoms. The number of aliphatic hydroxyl groups excluding tert-OH is 1. The number of hydrogen-bond donors (Lipinski definition) is 2. The SMILES string of the molecule is O=C(CCC1CCCCC1)Nc1cccc(CO)n1. The van der Waals surface area contributed by atoms with Gasteiger partial charge in [-0.05, 0) is 24.5 Å². The summed E-state index contributed by atoms with van der Waals surface area (Å²) < 4.78 is 0. The summed E-state index contributed by atoms with van der Waals surface area (Å²) in [4.78, 5) is 16.0. The van der Waals surface area contributed by atoms with E-state index in [0.29, 0.717) is 17.9 Å². The van der Waals surface area contributed by atoms with Crippen molar-refractivity contribution in [2.45, 2.75) is 51.6 Å². The van der Waals surface area contributed by atoms with Gasteiger partial charge in [-0.1, -0.05) is 38.2 Å². The Labute approximate surface area is 114 Å². The van der Waals surface area contributed by atoms with E-state index in [9.17, 15) is 4.79 Å². The smallest absolute Gasteiger partial charge is 0.225 e. The highest BCUT2D eigenvalue weighted by Crippen LogP contribution is 2.27. The first-order chi connectivity index (χ1) is 9.28. The minimum atomic E-state index is -0.105. The van der Waals surface area contributed by atoms with Gasteiger partial charge < -0.3 is 10.4 Å². The number of rotatable bonds is 5. The highest BCUT2D eigenvalue weighted by Gasteiger charge is 2.15. The number of anilines is 1. The fraction of sp³-hybridized carbons (Fsp3) is 0.600. The van der Waals surface area contributed by atoms with Gasteiger partial charge in [-0.15, -0.1) is 0 Å². The Balaban J connectivity index is 1.76. The molecule has 4 nitrogen and oxygen atoms in total. The predicted octanol–water partition coefficient (Wildman–Crippen LogP) is 2.87. The molecular formula is C15H22N2O2. The molecule has 19 heavy (non-hydrogen) atoms. The Morgan fingerprint density at radius 1 is 1.32 bits per heavy atom. The first-order valence-electron chi connectivity index (χ1n) is 7.14. The molecule has 104 valence electrons. The van der Waals surface area contributed by atoms with Gasteiger partial charge in [0.2, 0.25) is 5.91 Å². The van der Waals surface area contributed by atoms with E-state index >= 15 is 0 Å². The number of amides is 1. The van der Waals surface area contributed by atoms with Gasteiger partial charge in [0.05, 0.1) is 12.3 Å². The van der Waals surface area contributed by atoms with Crippen molar-refractivity contribution in [3.05, 3.63) is 23.9 Å².